The van der Waals surface area contributed by atoms with Crippen LogP contribution in [0.3, 0.4) is 0 Å². The summed E-state index contributed by atoms with van der Waals surface area (Å²) in [5.41, 5.74) is 6.07. The predicted molar refractivity (Wildman–Crippen MR) is 121 cm³/mol. The first kappa shape index (κ1) is 16.9. The average Bonchev–Trinajstić information content (AvgIpc) is 2.90. The van der Waals surface area contributed by atoms with Gasteiger partial charge >= 0.3 is 0 Å². The van der Waals surface area contributed by atoms with E-state index in [0.29, 0.717) is 0 Å². The number of fused-ring (bicyclic) bond motifs is 6. The van der Waals surface area contributed by atoms with Crippen LogP contribution in [0.2, 0.25) is 0 Å². The number of benzene rings is 3. The lowest BCUT2D eigenvalue weighted by Crippen LogP contribution is -2.50. The highest BCUT2D eigenvalue weighted by molar-refractivity contribution is 5.84. The minimum atomic E-state index is 0.165. The molecule has 0 radical (unpaired) electrons. The molecule has 0 amide bonds. The first-order valence-electron chi connectivity index (χ1n) is 12.0. The number of para-hydroxylation sites is 2. The summed E-state index contributed by atoms with van der Waals surface area (Å²) in [5, 5.41) is 0. The van der Waals surface area contributed by atoms with E-state index in [9.17, 15) is 0 Å². The Kier molecular flexibility index (Phi) is 3.12. The van der Waals surface area contributed by atoms with Crippen molar-refractivity contribution < 1.29 is 9.47 Å². The van der Waals surface area contributed by atoms with E-state index in [1.807, 2.05) is 24.3 Å². The van der Waals surface area contributed by atoms with Crippen molar-refractivity contribution in [2.75, 3.05) is 0 Å². The molecule has 1 spiro atoms. The average molecular weight is 407 g/mol. The molecule has 2 heteroatoms. The maximum absolute atomic E-state index is 6.39. The minimum absolute atomic E-state index is 0.165. The van der Waals surface area contributed by atoms with E-state index in [0.717, 1.165) is 46.7 Å². The minimum Gasteiger partial charge on any atom is -0.450 e. The molecule has 1 aliphatic heterocycles. The Labute approximate surface area is 183 Å². The number of ether oxygens (including phenoxy) is 2. The molecule has 5 aliphatic carbocycles. The summed E-state index contributed by atoms with van der Waals surface area (Å²) >= 11 is 0. The molecular weight excluding hydrogens is 380 g/mol. The van der Waals surface area contributed by atoms with Crippen LogP contribution in [0, 0.1) is 23.7 Å². The number of hydrogen-bond acceptors (Lipinski definition) is 2. The molecule has 0 saturated heterocycles. The second kappa shape index (κ2) is 5.73. The van der Waals surface area contributed by atoms with Crippen molar-refractivity contribution in [1.29, 1.82) is 0 Å². The molecule has 6 aliphatic rings. The van der Waals surface area contributed by atoms with Crippen LogP contribution in [0.15, 0.2) is 60.7 Å². The lowest BCUT2D eigenvalue weighted by Gasteiger charge is -2.55. The molecule has 0 aromatic heterocycles. The summed E-state index contributed by atoms with van der Waals surface area (Å²) in [7, 11) is 0. The maximum atomic E-state index is 6.39. The van der Waals surface area contributed by atoms with Gasteiger partial charge in [0.05, 0.1) is 0 Å². The quantitative estimate of drug-likeness (QED) is 0.298. The van der Waals surface area contributed by atoms with E-state index in [-0.39, 0.29) is 5.41 Å². The van der Waals surface area contributed by atoms with Gasteiger partial charge in [0, 0.05) is 5.41 Å². The van der Waals surface area contributed by atoms with E-state index in [1.54, 1.807) is 5.56 Å². The van der Waals surface area contributed by atoms with Crippen molar-refractivity contribution in [1.82, 2.24) is 0 Å². The van der Waals surface area contributed by atoms with Crippen LogP contribution >= 0.6 is 0 Å². The molecule has 2 nitrogen and oxygen atoms in total. The van der Waals surface area contributed by atoms with E-state index >= 15 is 0 Å². The smallest absolute Gasteiger partial charge is 0.170 e. The van der Waals surface area contributed by atoms with Crippen molar-refractivity contribution in [2.24, 2.45) is 23.7 Å². The zero-order valence-corrected chi connectivity index (χ0v) is 17.6. The Hall–Kier alpha value is -2.74. The molecule has 4 bridgehead atoms. The van der Waals surface area contributed by atoms with Gasteiger partial charge in [-0.1, -0.05) is 49.2 Å². The first-order chi connectivity index (χ1) is 15.3. The number of hydrogen-bond donors (Lipinski definition) is 0. The summed E-state index contributed by atoms with van der Waals surface area (Å²) in [6, 6.07) is 21.9. The molecule has 154 valence electrons. The standard InChI is InChI=1S/C29H26O2/c1-2-6-23-21(5-1)22-15-27-28(31-26-8-4-3-7-25(26)30-27)16-24(22)29(23)19-11-17-9-10-18(13-19)14-20(29)12-17/h1-8,15-20H,9-14H2. The van der Waals surface area contributed by atoms with Gasteiger partial charge in [-0.3, -0.25) is 0 Å². The molecular formula is C29H26O2. The molecule has 31 heavy (non-hydrogen) atoms. The molecule has 0 atom stereocenters. The molecule has 4 fully saturated rings. The first-order valence-corrected chi connectivity index (χ1v) is 12.0. The van der Waals surface area contributed by atoms with E-state index in [2.05, 4.69) is 36.4 Å². The fourth-order valence-corrected chi connectivity index (χ4v) is 8.26. The van der Waals surface area contributed by atoms with Crippen LogP contribution in [0.25, 0.3) is 11.1 Å². The van der Waals surface area contributed by atoms with Crippen LogP contribution in [0.4, 0.5) is 0 Å². The molecule has 3 aromatic rings. The lowest BCUT2D eigenvalue weighted by atomic mass is 9.49. The van der Waals surface area contributed by atoms with Gasteiger partial charge in [-0.05, 0) is 95.9 Å². The van der Waals surface area contributed by atoms with Gasteiger partial charge in [-0.2, -0.15) is 0 Å². The van der Waals surface area contributed by atoms with Crippen LogP contribution in [-0.2, 0) is 5.41 Å². The Morgan fingerprint density at radius 1 is 0.581 bits per heavy atom. The zero-order chi connectivity index (χ0) is 20.2. The molecule has 0 N–H and O–H groups in total. The summed E-state index contributed by atoms with van der Waals surface area (Å²) < 4.78 is 12.7. The second-order valence-electron chi connectivity index (χ2n) is 10.6. The van der Waals surface area contributed by atoms with Crippen molar-refractivity contribution in [3.8, 4) is 34.1 Å². The molecule has 4 saturated carbocycles. The van der Waals surface area contributed by atoms with Gasteiger partial charge in [0.2, 0.25) is 0 Å². The van der Waals surface area contributed by atoms with Gasteiger partial charge in [0.1, 0.15) is 0 Å². The molecule has 9 rings (SSSR count). The van der Waals surface area contributed by atoms with Gasteiger partial charge < -0.3 is 9.47 Å². The Bertz CT molecular complexity index is 1210. The highest BCUT2D eigenvalue weighted by Crippen LogP contribution is 2.69. The second-order valence-corrected chi connectivity index (χ2v) is 10.6. The van der Waals surface area contributed by atoms with E-state index in [4.69, 9.17) is 9.47 Å². The highest BCUT2D eigenvalue weighted by atomic mass is 16.6. The van der Waals surface area contributed by atoms with Gasteiger partial charge in [-0.15, -0.1) is 0 Å². The molecule has 1 heterocycles. The predicted octanol–water partition coefficient (Wildman–Crippen LogP) is 7.70. The summed E-state index contributed by atoms with van der Waals surface area (Å²) in [4.78, 5) is 0. The summed E-state index contributed by atoms with van der Waals surface area (Å²) in [5.74, 6) is 6.76. The fraction of sp³-hybridized carbons (Fsp3) is 0.379. The molecule has 3 aromatic carbocycles. The van der Waals surface area contributed by atoms with E-state index < -0.39 is 0 Å². The van der Waals surface area contributed by atoms with Crippen molar-refractivity contribution in [2.45, 2.75) is 43.9 Å². The fourth-order valence-electron chi connectivity index (χ4n) is 8.26. The topological polar surface area (TPSA) is 18.5 Å². The maximum Gasteiger partial charge on any atom is 0.170 e. The Morgan fingerprint density at radius 3 is 1.84 bits per heavy atom. The molecule has 0 unspecified atom stereocenters. The van der Waals surface area contributed by atoms with Gasteiger partial charge in [0.15, 0.2) is 23.0 Å². The SMILES string of the molecule is c1ccc2c(c1)Oc1cc3c(cc1O2)C1(c2ccccc2-3)C2CC3CCC(C2)CC1C3. The van der Waals surface area contributed by atoms with E-state index in [1.165, 1.54) is 55.2 Å². The van der Waals surface area contributed by atoms with Crippen molar-refractivity contribution in [3.63, 3.8) is 0 Å². The van der Waals surface area contributed by atoms with Crippen LogP contribution in [-0.4, -0.2) is 0 Å². The number of rotatable bonds is 0. The summed E-state index contributed by atoms with van der Waals surface area (Å²) in [6.45, 7) is 0. The largest absolute Gasteiger partial charge is 0.450 e. The third-order valence-electron chi connectivity index (χ3n) is 9.22. The van der Waals surface area contributed by atoms with Gasteiger partial charge in [0.25, 0.3) is 0 Å². The van der Waals surface area contributed by atoms with Crippen molar-refractivity contribution in [3.05, 3.63) is 71.8 Å². The van der Waals surface area contributed by atoms with Crippen molar-refractivity contribution >= 4 is 0 Å². The van der Waals surface area contributed by atoms with Crippen LogP contribution < -0.4 is 9.47 Å². The zero-order valence-electron chi connectivity index (χ0n) is 17.6. The normalized spacial score (nSPS) is 33.0. The van der Waals surface area contributed by atoms with Crippen LogP contribution in [0.5, 0.6) is 23.0 Å². The highest BCUT2D eigenvalue weighted by Gasteiger charge is 2.60. The summed E-state index contributed by atoms with van der Waals surface area (Å²) in [6.07, 6.45) is 8.52. The van der Waals surface area contributed by atoms with Gasteiger partial charge in [-0.25, -0.2) is 0 Å². The monoisotopic (exact) mass is 406 g/mol. The lowest BCUT2D eigenvalue weighted by molar-refractivity contribution is 0.0461. The third-order valence-corrected chi connectivity index (χ3v) is 9.22. The van der Waals surface area contributed by atoms with Crippen LogP contribution in [0.1, 0.15) is 49.7 Å². The Balaban J connectivity index is 1.38. The Morgan fingerprint density at radius 2 is 1.16 bits per heavy atom. The third kappa shape index (κ3) is 2.04.